The summed E-state index contributed by atoms with van der Waals surface area (Å²) in [5.41, 5.74) is 1.55. The van der Waals surface area contributed by atoms with E-state index in [0.29, 0.717) is 6.54 Å². The molecule has 1 fully saturated rings. The lowest BCUT2D eigenvalue weighted by Crippen LogP contribution is -2.35. The standard InChI is InChI=1S/C16H21N5O2S/c1-12-11-24-14(18-12)9-19(2)16(23)10-21-15(22)7-13(8-17-21)20-5-3-4-6-20/h7-8,11H,3-6,9-10H2,1-2H3. The minimum absolute atomic E-state index is 0.0556. The highest BCUT2D eigenvalue weighted by Crippen LogP contribution is 2.16. The van der Waals surface area contributed by atoms with Crippen molar-refractivity contribution in [2.24, 2.45) is 0 Å². The Kier molecular flexibility index (Phi) is 4.94. The lowest BCUT2D eigenvalue weighted by molar-refractivity contribution is -0.131. The van der Waals surface area contributed by atoms with Crippen molar-refractivity contribution >= 4 is 22.9 Å². The number of aromatic nitrogens is 3. The van der Waals surface area contributed by atoms with E-state index in [1.807, 2.05) is 12.3 Å². The zero-order valence-corrected chi connectivity index (χ0v) is 14.8. The first kappa shape index (κ1) is 16.6. The predicted molar refractivity (Wildman–Crippen MR) is 93.3 cm³/mol. The Morgan fingerprint density at radius 3 is 2.75 bits per heavy atom. The fourth-order valence-corrected chi connectivity index (χ4v) is 3.53. The molecule has 0 spiro atoms. The van der Waals surface area contributed by atoms with E-state index >= 15 is 0 Å². The number of rotatable bonds is 5. The molecule has 0 atom stereocenters. The molecule has 3 rings (SSSR count). The van der Waals surface area contributed by atoms with E-state index < -0.39 is 0 Å². The molecule has 2 aromatic rings. The molecule has 3 heterocycles. The normalized spacial score (nSPS) is 14.2. The second-order valence-electron chi connectivity index (χ2n) is 6.04. The van der Waals surface area contributed by atoms with Crippen LogP contribution in [0.5, 0.6) is 0 Å². The van der Waals surface area contributed by atoms with Gasteiger partial charge in [0.25, 0.3) is 5.56 Å². The molecule has 1 amide bonds. The van der Waals surface area contributed by atoms with Crippen LogP contribution >= 0.6 is 11.3 Å². The zero-order valence-electron chi connectivity index (χ0n) is 13.9. The fourth-order valence-electron chi connectivity index (χ4n) is 2.71. The number of thiazole rings is 1. The van der Waals surface area contributed by atoms with E-state index in [4.69, 9.17) is 0 Å². The lowest BCUT2D eigenvalue weighted by atomic mass is 10.4. The van der Waals surface area contributed by atoms with Gasteiger partial charge in [0.2, 0.25) is 5.91 Å². The molecule has 8 heteroatoms. The number of hydrogen-bond donors (Lipinski definition) is 0. The van der Waals surface area contributed by atoms with Crippen LogP contribution in [0.1, 0.15) is 23.5 Å². The Hall–Kier alpha value is -2.22. The molecule has 1 aliphatic rings. The summed E-state index contributed by atoms with van der Waals surface area (Å²) in [5, 5.41) is 7.00. The molecule has 0 unspecified atom stereocenters. The van der Waals surface area contributed by atoms with Gasteiger partial charge in [-0.2, -0.15) is 5.10 Å². The quantitative estimate of drug-likeness (QED) is 0.814. The lowest BCUT2D eigenvalue weighted by Gasteiger charge is -2.18. The van der Waals surface area contributed by atoms with Gasteiger partial charge in [-0.1, -0.05) is 0 Å². The number of hydrogen-bond acceptors (Lipinski definition) is 6. The second-order valence-corrected chi connectivity index (χ2v) is 6.98. The molecule has 0 radical (unpaired) electrons. The van der Waals surface area contributed by atoms with E-state index in [0.717, 1.165) is 42.3 Å². The number of nitrogens with zero attached hydrogens (tertiary/aromatic N) is 5. The van der Waals surface area contributed by atoms with E-state index in [2.05, 4.69) is 15.0 Å². The second kappa shape index (κ2) is 7.12. The molecule has 0 N–H and O–H groups in total. The van der Waals surface area contributed by atoms with Crippen LogP contribution in [0.3, 0.4) is 0 Å². The van der Waals surface area contributed by atoms with Crippen molar-refractivity contribution in [3.63, 3.8) is 0 Å². The predicted octanol–water partition coefficient (Wildman–Crippen LogP) is 1.27. The van der Waals surface area contributed by atoms with Crippen molar-refractivity contribution in [2.75, 3.05) is 25.0 Å². The molecular formula is C16H21N5O2S. The highest BCUT2D eigenvalue weighted by molar-refractivity contribution is 7.09. The number of carbonyl (C=O) groups is 1. The van der Waals surface area contributed by atoms with Crippen molar-refractivity contribution in [3.05, 3.63) is 38.7 Å². The summed E-state index contributed by atoms with van der Waals surface area (Å²) in [7, 11) is 1.71. The van der Waals surface area contributed by atoms with Crippen molar-refractivity contribution < 1.29 is 4.79 Å². The van der Waals surface area contributed by atoms with E-state index in [9.17, 15) is 9.59 Å². The van der Waals surface area contributed by atoms with Gasteiger partial charge in [-0.3, -0.25) is 9.59 Å². The number of carbonyl (C=O) groups excluding carboxylic acids is 1. The Labute approximate surface area is 144 Å². The van der Waals surface area contributed by atoms with Crippen molar-refractivity contribution in [1.82, 2.24) is 19.7 Å². The minimum Gasteiger partial charge on any atom is -0.370 e. The third kappa shape index (κ3) is 3.81. The molecule has 0 saturated carbocycles. The van der Waals surface area contributed by atoms with Gasteiger partial charge < -0.3 is 9.80 Å². The van der Waals surface area contributed by atoms with Gasteiger partial charge in [-0.05, 0) is 19.8 Å². The van der Waals surface area contributed by atoms with Gasteiger partial charge >= 0.3 is 0 Å². The number of amides is 1. The van der Waals surface area contributed by atoms with Gasteiger partial charge in [-0.25, -0.2) is 9.67 Å². The molecule has 0 aromatic carbocycles. The Balaban J connectivity index is 1.64. The summed E-state index contributed by atoms with van der Waals surface area (Å²) in [6.45, 7) is 4.23. The van der Waals surface area contributed by atoms with Gasteiger partial charge in [0.1, 0.15) is 11.6 Å². The largest absolute Gasteiger partial charge is 0.370 e. The smallest absolute Gasteiger partial charge is 0.269 e. The zero-order chi connectivity index (χ0) is 17.1. The topological polar surface area (TPSA) is 71.3 Å². The van der Waals surface area contributed by atoms with Crippen LogP contribution in [0.15, 0.2) is 22.4 Å². The van der Waals surface area contributed by atoms with Crippen LogP contribution in [-0.2, 0) is 17.9 Å². The maximum absolute atomic E-state index is 12.3. The Morgan fingerprint density at radius 1 is 1.38 bits per heavy atom. The maximum atomic E-state index is 12.3. The van der Waals surface area contributed by atoms with Crippen molar-refractivity contribution in [2.45, 2.75) is 32.9 Å². The van der Waals surface area contributed by atoms with Gasteiger partial charge in [0.15, 0.2) is 0 Å². The summed E-state index contributed by atoms with van der Waals surface area (Å²) in [5.74, 6) is -0.161. The van der Waals surface area contributed by atoms with E-state index in [1.54, 1.807) is 24.2 Å². The van der Waals surface area contributed by atoms with Crippen LogP contribution < -0.4 is 10.5 Å². The molecule has 0 bridgehead atoms. The first-order valence-electron chi connectivity index (χ1n) is 8.00. The first-order valence-corrected chi connectivity index (χ1v) is 8.88. The summed E-state index contributed by atoms with van der Waals surface area (Å²) in [6.07, 6.45) is 3.95. The number of anilines is 1. The molecule has 24 heavy (non-hydrogen) atoms. The average Bonchev–Trinajstić information content (AvgIpc) is 3.21. The van der Waals surface area contributed by atoms with Gasteiger partial charge in [0, 0.05) is 37.3 Å². The summed E-state index contributed by atoms with van der Waals surface area (Å²) < 4.78 is 1.21. The molecule has 1 aliphatic heterocycles. The molecule has 7 nitrogen and oxygen atoms in total. The molecular weight excluding hydrogens is 326 g/mol. The van der Waals surface area contributed by atoms with Gasteiger partial charge in [0.05, 0.1) is 18.4 Å². The monoisotopic (exact) mass is 347 g/mol. The maximum Gasteiger partial charge on any atom is 0.269 e. The average molecular weight is 347 g/mol. The summed E-state index contributed by atoms with van der Waals surface area (Å²) in [6, 6.07) is 1.57. The van der Waals surface area contributed by atoms with Crippen molar-refractivity contribution in [3.8, 4) is 0 Å². The highest BCUT2D eigenvalue weighted by atomic mass is 32.1. The fraction of sp³-hybridized carbons (Fsp3) is 0.500. The third-order valence-electron chi connectivity index (χ3n) is 4.08. The van der Waals surface area contributed by atoms with Crippen LogP contribution in [0.2, 0.25) is 0 Å². The summed E-state index contributed by atoms with van der Waals surface area (Å²) in [4.78, 5) is 32.6. The van der Waals surface area contributed by atoms with Crippen LogP contribution in [-0.4, -0.2) is 45.7 Å². The van der Waals surface area contributed by atoms with Crippen LogP contribution in [0.25, 0.3) is 0 Å². The molecule has 128 valence electrons. The van der Waals surface area contributed by atoms with Crippen molar-refractivity contribution in [1.29, 1.82) is 0 Å². The number of likely N-dealkylation sites (N-methyl/N-ethyl adjacent to an activating group) is 1. The summed E-state index contributed by atoms with van der Waals surface area (Å²) >= 11 is 1.53. The third-order valence-corrected chi connectivity index (χ3v) is 5.03. The first-order chi connectivity index (χ1) is 11.5. The SMILES string of the molecule is Cc1csc(CN(C)C(=O)Cn2ncc(N3CCCC3)cc2=O)n1. The minimum atomic E-state index is -0.244. The van der Waals surface area contributed by atoms with Crippen LogP contribution in [0.4, 0.5) is 5.69 Å². The number of aryl methyl sites for hydroxylation is 1. The highest BCUT2D eigenvalue weighted by Gasteiger charge is 2.16. The van der Waals surface area contributed by atoms with Gasteiger partial charge in [-0.15, -0.1) is 11.3 Å². The molecule has 0 aliphatic carbocycles. The molecule has 1 saturated heterocycles. The van der Waals surface area contributed by atoms with Crippen LogP contribution in [0, 0.1) is 6.92 Å². The van der Waals surface area contributed by atoms with E-state index in [1.165, 1.54) is 16.0 Å². The Morgan fingerprint density at radius 2 is 2.12 bits per heavy atom. The molecule has 2 aromatic heterocycles. The Bertz CT molecular complexity index is 779. The van der Waals surface area contributed by atoms with E-state index in [-0.39, 0.29) is 18.0 Å².